The van der Waals surface area contributed by atoms with Crippen LogP contribution < -0.4 is 10.1 Å². The highest BCUT2D eigenvalue weighted by Crippen LogP contribution is 2.29. The van der Waals surface area contributed by atoms with E-state index in [2.05, 4.69) is 23.6 Å². The third-order valence-corrected chi connectivity index (χ3v) is 4.51. The number of halogens is 2. The van der Waals surface area contributed by atoms with Gasteiger partial charge in [-0.2, -0.15) is 0 Å². The molecule has 8 heteroatoms. The summed E-state index contributed by atoms with van der Waals surface area (Å²) in [6.07, 6.45) is 5.77. The maximum atomic E-state index is 13.8. The molecule has 200 valence electrons. The zero-order valence-corrected chi connectivity index (χ0v) is 22.7. The summed E-state index contributed by atoms with van der Waals surface area (Å²) >= 11 is 0. The van der Waals surface area contributed by atoms with E-state index in [0.717, 1.165) is 29.8 Å². The molecule has 36 heavy (non-hydrogen) atoms. The Labute approximate surface area is 215 Å². The molecule has 0 aliphatic heterocycles. The van der Waals surface area contributed by atoms with Gasteiger partial charge in [0.15, 0.2) is 0 Å². The molecule has 0 heterocycles. The van der Waals surface area contributed by atoms with E-state index < -0.39 is 17.6 Å². The molecule has 0 spiro atoms. The summed E-state index contributed by atoms with van der Waals surface area (Å²) in [5.74, 6) is -1.51. The fourth-order valence-electron chi connectivity index (χ4n) is 2.81. The van der Waals surface area contributed by atoms with Crippen LogP contribution >= 0.6 is 0 Å². The van der Waals surface area contributed by atoms with Gasteiger partial charge < -0.3 is 19.7 Å². The van der Waals surface area contributed by atoms with Crippen LogP contribution in [0.4, 0.5) is 14.5 Å². The van der Waals surface area contributed by atoms with Crippen molar-refractivity contribution in [3.05, 3.63) is 71.7 Å². The molecule has 1 saturated carbocycles. The van der Waals surface area contributed by atoms with Gasteiger partial charge in [-0.1, -0.05) is 45.9 Å². The fraction of sp³-hybridized carbons (Fsp3) is 0.429. The maximum absolute atomic E-state index is 13.8. The number of nitrogens with zero attached hydrogens (tertiary/aromatic N) is 2. The lowest BCUT2D eigenvalue weighted by Crippen LogP contribution is -2.27. The van der Waals surface area contributed by atoms with Crippen molar-refractivity contribution in [1.29, 1.82) is 0 Å². The van der Waals surface area contributed by atoms with Gasteiger partial charge in [-0.15, -0.1) is 0 Å². The highest BCUT2D eigenvalue weighted by Gasteiger charge is 2.23. The van der Waals surface area contributed by atoms with Crippen LogP contribution in [0.3, 0.4) is 0 Å². The third kappa shape index (κ3) is 12.9. The van der Waals surface area contributed by atoms with Crippen LogP contribution in [0, 0.1) is 6.92 Å². The zero-order chi connectivity index (χ0) is 27.7. The number of rotatable bonds is 12. The van der Waals surface area contributed by atoms with Gasteiger partial charge in [0.2, 0.25) is 5.76 Å². The lowest BCUT2D eigenvalue weighted by Gasteiger charge is -2.23. The minimum atomic E-state index is -0.877. The van der Waals surface area contributed by atoms with E-state index in [1.165, 1.54) is 19.4 Å². The van der Waals surface area contributed by atoms with Crippen LogP contribution in [0.5, 0.6) is 5.75 Å². The van der Waals surface area contributed by atoms with E-state index in [-0.39, 0.29) is 25.1 Å². The molecule has 1 aliphatic rings. The Bertz CT molecular complexity index is 951. The number of ether oxygens (including phenoxy) is 2. The van der Waals surface area contributed by atoms with Crippen molar-refractivity contribution < 1.29 is 23.0 Å². The van der Waals surface area contributed by atoms with Gasteiger partial charge in [0.25, 0.3) is 0 Å². The summed E-state index contributed by atoms with van der Waals surface area (Å²) in [6, 6.07) is 5.80. The number of amides is 1. The average Bonchev–Trinajstić information content (AvgIpc) is 3.67. The number of aliphatic imine (C=N–C) groups is 1. The maximum Gasteiger partial charge on any atom is 0.312 e. The Morgan fingerprint density at radius 2 is 1.86 bits per heavy atom. The van der Waals surface area contributed by atoms with Crippen LogP contribution in [-0.4, -0.2) is 44.0 Å². The molecule has 6 nitrogen and oxygen atoms in total. The van der Waals surface area contributed by atoms with Crippen molar-refractivity contribution in [2.24, 2.45) is 4.99 Å². The molecule has 1 aromatic rings. The molecule has 0 bridgehead atoms. The zero-order valence-electron chi connectivity index (χ0n) is 22.7. The third-order valence-electron chi connectivity index (χ3n) is 4.51. The molecule has 0 atom stereocenters. The van der Waals surface area contributed by atoms with Crippen molar-refractivity contribution in [3.8, 4) is 5.75 Å². The molecule has 0 unspecified atom stereocenters. The first-order valence-electron chi connectivity index (χ1n) is 12.1. The number of carbonyl (C=O) groups excluding carboxylic acids is 1. The molecule has 1 amide bonds. The van der Waals surface area contributed by atoms with E-state index in [1.54, 1.807) is 11.8 Å². The SMILES string of the molecule is C=NC(=O)/C(=C\N(CNc1cc(OC2CC2)ccc1C)C/C(C)=C/C(F)=C\C(=C)F)OC.CC.CC. The summed E-state index contributed by atoms with van der Waals surface area (Å²) in [6.45, 7) is 18.4. The second-order valence-corrected chi connectivity index (χ2v) is 7.50. The lowest BCUT2D eigenvalue weighted by molar-refractivity contribution is -0.117. The quantitative estimate of drug-likeness (QED) is 0.106. The molecule has 0 aromatic heterocycles. The van der Waals surface area contributed by atoms with Crippen LogP contribution in [0.15, 0.2) is 71.1 Å². The predicted octanol–water partition coefficient (Wildman–Crippen LogP) is 7.26. The first kappa shape index (κ1) is 32.6. The number of allylic oxidation sites excluding steroid dienone is 4. The molecule has 1 aliphatic carbocycles. The number of hydrogen-bond acceptors (Lipinski definition) is 5. The van der Waals surface area contributed by atoms with Crippen LogP contribution in [0.25, 0.3) is 0 Å². The van der Waals surface area contributed by atoms with Gasteiger partial charge in [-0.25, -0.2) is 13.8 Å². The molecule has 2 rings (SSSR count). The smallest absolute Gasteiger partial charge is 0.312 e. The van der Waals surface area contributed by atoms with E-state index >= 15 is 0 Å². The van der Waals surface area contributed by atoms with Crippen LogP contribution in [0.1, 0.15) is 53.0 Å². The molecule has 1 aromatic carbocycles. The van der Waals surface area contributed by atoms with E-state index in [1.807, 2.05) is 52.8 Å². The topological polar surface area (TPSA) is 63.2 Å². The molecular formula is C28H41F2N3O3. The van der Waals surface area contributed by atoms with Gasteiger partial charge in [0, 0.05) is 30.6 Å². The summed E-state index contributed by atoms with van der Waals surface area (Å²) in [5, 5.41) is 3.30. The highest BCUT2D eigenvalue weighted by molar-refractivity contribution is 5.94. The second-order valence-electron chi connectivity index (χ2n) is 7.50. The van der Waals surface area contributed by atoms with Gasteiger partial charge in [0.05, 0.1) is 19.9 Å². The Balaban J connectivity index is 0.00000291. The van der Waals surface area contributed by atoms with Gasteiger partial charge >= 0.3 is 5.91 Å². The van der Waals surface area contributed by atoms with Gasteiger partial charge in [-0.3, -0.25) is 4.79 Å². The van der Waals surface area contributed by atoms with Gasteiger partial charge in [0.1, 0.15) is 17.4 Å². The second kappa shape index (κ2) is 17.9. The first-order chi connectivity index (χ1) is 17.2. The van der Waals surface area contributed by atoms with Crippen molar-refractivity contribution in [1.82, 2.24) is 4.90 Å². The molecule has 1 N–H and O–H groups in total. The largest absolute Gasteiger partial charge is 0.490 e. The Morgan fingerprint density at radius 3 is 2.39 bits per heavy atom. The van der Waals surface area contributed by atoms with Crippen molar-refractivity contribution in [2.45, 2.75) is 60.5 Å². The van der Waals surface area contributed by atoms with Crippen LogP contribution in [-0.2, 0) is 9.53 Å². The summed E-state index contributed by atoms with van der Waals surface area (Å²) in [4.78, 5) is 17.0. The van der Waals surface area contributed by atoms with Crippen LogP contribution in [0.2, 0.25) is 0 Å². The summed E-state index contributed by atoms with van der Waals surface area (Å²) in [5.41, 5.74) is 2.45. The van der Waals surface area contributed by atoms with Crippen molar-refractivity contribution >= 4 is 18.3 Å². The molecular weight excluding hydrogens is 464 g/mol. The number of benzene rings is 1. The lowest BCUT2D eigenvalue weighted by atomic mass is 10.2. The average molecular weight is 506 g/mol. The minimum absolute atomic E-state index is 0.0229. The van der Waals surface area contributed by atoms with Crippen molar-refractivity contribution in [2.75, 3.05) is 25.6 Å². The number of carbonyl (C=O) groups is 1. The van der Waals surface area contributed by atoms with E-state index in [0.29, 0.717) is 11.6 Å². The monoisotopic (exact) mass is 505 g/mol. The number of hydrogen-bond donors (Lipinski definition) is 1. The predicted molar refractivity (Wildman–Crippen MR) is 146 cm³/mol. The minimum Gasteiger partial charge on any atom is -0.490 e. The Hall–Kier alpha value is -3.42. The van der Waals surface area contributed by atoms with E-state index in [9.17, 15) is 13.6 Å². The number of aryl methyl sites for hydroxylation is 1. The normalized spacial score (nSPS) is 13.3. The molecule has 0 saturated heterocycles. The molecule has 1 fully saturated rings. The van der Waals surface area contributed by atoms with Gasteiger partial charge in [-0.05, 0) is 51.1 Å². The standard InChI is InChI=1S/C24H29F2N3O3.2C2H6/c1-16(10-19(26)11-18(3)25)13-29(14-23(31-5)24(30)27-4)15-28-22-12-21(7-6-17(22)2)32-20-8-9-20;2*1-2/h6-7,10-12,14,20,28H,3-4,8-9,13,15H2,1-2,5H3;2*1-2H3/b16-10+,19-11+,23-14+;;. The highest BCUT2D eigenvalue weighted by atomic mass is 19.1. The summed E-state index contributed by atoms with van der Waals surface area (Å²) < 4.78 is 37.6. The first-order valence-corrected chi connectivity index (χ1v) is 12.1. The fourth-order valence-corrected chi connectivity index (χ4v) is 2.81. The Morgan fingerprint density at radius 1 is 1.22 bits per heavy atom. The number of methoxy groups -OCH3 is 1. The number of anilines is 1. The van der Waals surface area contributed by atoms with E-state index in [4.69, 9.17) is 9.47 Å². The van der Waals surface area contributed by atoms with Crippen molar-refractivity contribution in [3.63, 3.8) is 0 Å². The molecule has 0 radical (unpaired) electrons. The summed E-state index contributed by atoms with van der Waals surface area (Å²) in [7, 11) is 1.35. The number of nitrogens with one attached hydrogen (secondary N) is 1. The Kier molecular flexibility index (Phi) is 16.2.